The summed E-state index contributed by atoms with van der Waals surface area (Å²) in [7, 11) is 0. The van der Waals surface area contributed by atoms with Gasteiger partial charge >= 0.3 is 0 Å². The fourth-order valence-corrected chi connectivity index (χ4v) is 2.80. The second-order valence-corrected chi connectivity index (χ2v) is 5.71. The minimum atomic E-state index is -0.0799. The molecule has 0 amide bonds. The van der Waals surface area contributed by atoms with Crippen LogP contribution in [0.3, 0.4) is 0 Å². The highest BCUT2D eigenvalue weighted by atomic mass is 35.5. The van der Waals surface area contributed by atoms with E-state index in [4.69, 9.17) is 17.3 Å². The zero-order valence-corrected chi connectivity index (χ0v) is 12.2. The molecule has 1 aromatic heterocycles. The quantitative estimate of drug-likeness (QED) is 0.942. The topological polar surface area (TPSA) is 52.9 Å². The molecule has 2 N–H and O–H groups in total. The summed E-state index contributed by atoms with van der Waals surface area (Å²) < 4.78 is 3.77. The van der Waals surface area contributed by atoms with Crippen molar-refractivity contribution >= 4 is 17.3 Å². The van der Waals surface area contributed by atoms with E-state index in [1.807, 2.05) is 35.9 Å². The molecule has 0 bridgehead atoms. The smallest absolute Gasteiger partial charge is 0.290 e. The number of hydrogen-bond donors (Lipinski definition) is 1. The van der Waals surface area contributed by atoms with Crippen LogP contribution in [0.1, 0.15) is 36.9 Å². The molecule has 1 aliphatic rings. The van der Waals surface area contributed by atoms with E-state index in [1.54, 1.807) is 4.68 Å². The molecule has 3 rings (SSSR count). The Labute approximate surface area is 122 Å². The zero-order chi connectivity index (χ0) is 14.3. The number of nitrogens with zero attached hydrogens (tertiary/aromatic N) is 2. The van der Waals surface area contributed by atoms with Crippen molar-refractivity contribution in [1.29, 1.82) is 0 Å². The minimum absolute atomic E-state index is 0.0799. The highest BCUT2D eigenvalue weighted by molar-refractivity contribution is 6.30. The first-order valence-electron chi connectivity index (χ1n) is 6.95. The average molecular weight is 292 g/mol. The lowest BCUT2D eigenvalue weighted by molar-refractivity contribution is 0.473. The van der Waals surface area contributed by atoms with Gasteiger partial charge in [0.2, 0.25) is 0 Å². The molecule has 0 atom stereocenters. The lowest BCUT2D eigenvalue weighted by atomic mass is 10.2. The first kappa shape index (κ1) is 13.3. The Kier molecular flexibility index (Phi) is 3.34. The molecular formula is C15H18ClN3O. The standard InChI is InChI=1S/C15H18ClN3O/c1-2-18-14(11-5-6-11)13(17)15(20)19(18)9-10-3-7-12(16)8-4-10/h3-4,7-8,11H,2,5-6,9,17H2,1H3. The lowest BCUT2D eigenvalue weighted by Crippen LogP contribution is -2.24. The van der Waals surface area contributed by atoms with Crippen LogP contribution in [0.5, 0.6) is 0 Å². The molecule has 1 aliphatic carbocycles. The summed E-state index contributed by atoms with van der Waals surface area (Å²) in [4.78, 5) is 12.4. The van der Waals surface area contributed by atoms with Gasteiger partial charge in [-0.3, -0.25) is 9.48 Å². The van der Waals surface area contributed by atoms with Crippen LogP contribution >= 0.6 is 11.6 Å². The van der Waals surface area contributed by atoms with Crippen molar-refractivity contribution in [2.24, 2.45) is 0 Å². The van der Waals surface area contributed by atoms with Crippen LogP contribution in [0.25, 0.3) is 0 Å². The Balaban J connectivity index is 2.02. The third kappa shape index (κ3) is 2.24. The molecule has 4 nitrogen and oxygen atoms in total. The van der Waals surface area contributed by atoms with E-state index in [1.165, 1.54) is 0 Å². The van der Waals surface area contributed by atoms with Crippen LogP contribution in [0.2, 0.25) is 5.02 Å². The number of benzene rings is 1. The molecule has 5 heteroatoms. The van der Waals surface area contributed by atoms with E-state index in [0.29, 0.717) is 23.2 Å². The van der Waals surface area contributed by atoms with Gasteiger partial charge in [-0.2, -0.15) is 0 Å². The molecule has 1 fully saturated rings. The van der Waals surface area contributed by atoms with Crippen LogP contribution in [0.15, 0.2) is 29.1 Å². The van der Waals surface area contributed by atoms with E-state index in [2.05, 4.69) is 0 Å². The predicted octanol–water partition coefficient (Wildman–Crippen LogP) is 2.83. The second-order valence-electron chi connectivity index (χ2n) is 5.28. The Hall–Kier alpha value is -1.68. The number of hydrogen-bond acceptors (Lipinski definition) is 2. The van der Waals surface area contributed by atoms with Gasteiger partial charge in [0.15, 0.2) is 0 Å². The molecular weight excluding hydrogens is 274 g/mol. The minimum Gasteiger partial charge on any atom is -0.393 e. The van der Waals surface area contributed by atoms with Crippen LogP contribution < -0.4 is 11.3 Å². The monoisotopic (exact) mass is 291 g/mol. The van der Waals surface area contributed by atoms with Crippen molar-refractivity contribution in [1.82, 2.24) is 9.36 Å². The average Bonchev–Trinajstić information content (AvgIpc) is 3.24. The first-order valence-corrected chi connectivity index (χ1v) is 7.33. The lowest BCUT2D eigenvalue weighted by Gasteiger charge is -2.12. The highest BCUT2D eigenvalue weighted by Crippen LogP contribution is 2.42. The van der Waals surface area contributed by atoms with Crippen LogP contribution in [0, 0.1) is 0 Å². The summed E-state index contributed by atoms with van der Waals surface area (Å²) in [6, 6.07) is 7.56. The molecule has 0 spiro atoms. The fraction of sp³-hybridized carbons (Fsp3) is 0.400. The van der Waals surface area contributed by atoms with Crippen LogP contribution in [0.4, 0.5) is 5.69 Å². The van der Waals surface area contributed by atoms with E-state index < -0.39 is 0 Å². The molecule has 1 aromatic carbocycles. The number of nitrogens with two attached hydrogens (primary N) is 1. The molecule has 2 aromatic rings. The summed E-state index contributed by atoms with van der Waals surface area (Å²) in [5.74, 6) is 0.467. The Morgan fingerprint density at radius 2 is 1.90 bits per heavy atom. The van der Waals surface area contributed by atoms with Crippen molar-refractivity contribution < 1.29 is 0 Å². The van der Waals surface area contributed by atoms with E-state index in [0.717, 1.165) is 30.6 Å². The van der Waals surface area contributed by atoms with Crippen LogP contribution in [-0.2, 0) is 13.1 Å². The third-order valence-electron chi connectivity index (χ3n) is 3.82. The predicted molar refractivity (Wildman–Crippen MR) is 81.3 cm³/mol. The highest BCUT2D eigenvalue weighted by Gasteiger charge is 2.31. The fourth-order valence-electron chi connectivity index (χ4n) is 2.68. The summed E-state index contributed by atoms with van der Waals surface area (Å²) in [5.41, 5.74) is 8.43. The number of halogens is 1. The number of aromatic nitrogens is 2. The third-order valence-corrected chi connectivity index (χ3v) is 4.07. The summed E-state index contributed by atoms with van der Waals surface area (Å²) in [6.45, 7) is 3.33. The van der Waals surface area contributed by atoms with Gasteiger partial charge in [0.05, 0.1) is 12.2 Å². The SMILES string of the molecule is CCn1c(C2CC2)c(N)c(=O)n1Cc1ccc(Cl)cc1. The molecule has 20 heavy (non-hydrogen) atoms. The molecule has 0 saturated heterocycles. The Morgan fingerprint density at radius 3 is 2.45 bits per heavy atom. The van der Waals surface area contributed by atoms with Gasteiger partial charge in [0.1, 0.15) is 5.69 Å². The summed E-state index contributed by atoms with van der Waals surface area (Å²) >= 11 is 5.89. The molecule has 106 valence electrons. The molecule has 0 unspecified atom stereocenters. The van der Waals surface area contributed by atoms with E-state index in [-0.39, 0.29) is 5.56 Å². The van der Waals surface area contributed by atoms with Crippen molar-refractivity contribution in [3.8, 4) is 0 Å². The Bertz CT molecular complexity index is 680. The van der Waals surface area contributed by atoms with Crippen molar-refractivity contribution in [2.45, 2.75) is 38.8 Å². The van der Waals surface area contributed by atoms with Crippen molar-refractivity contribution in [2.75, 3.05) is 5.73 Å². The van der Waals surface area contributed by atoms with Gasteiger partial charge in [0, 0.05) is 17.5 Å². The summed E-state index contributed by atoms with van der Waals surface area (Å²) in [6.07, 6.45) is 2.27. The number of nitrogen functional groups attached to an aromatic ring is 1. The zero-order valence-electron chi connectivity index (χ0n) is 11.5. The number of rotatable bonds is 4. The molecule has 1 heterocycles. The first-order chi connectivity index (χ1) is 9.61. The maximum atomic E-state index is 12.4. The van der Waals surface area contributed by atoms with Crippen molar-refractivity contribution in [3.63, 3.8) is 0 Å². The van der Waals surface area contributed by atoms with Gasteiger partial charge in [-0.25, -0.2) is 4.68 Å². The molecule has 0 aliphatic heterocycles. The van der Waals surface area contributed by atoms with E-state index in [9.17, 15) is 4.79 Å². The second kappa shape index (κ2) is 5.02. The molecule has 1 saturated carbocycles. The van der Waals surface area contributed by atoms with Gasteiger partial charge in [-0.15, -0.1) is 0 Å². The van der Waals surface area contributed by atoms with Crippen LogP contribution in [-0.4, -0.2) is 9.36 Å². The maximum absolute atomic E-state index is 12.4. The van der Waals surface area contributed by atoms with Gasteiger partial charge in [0.25, 0.3) is 5.56 Å². The van der Waals surface area contributed by atoms with E-state index >= 15 is 0 Å². The van der Waals surface area contributed by atoms with Gasteiger partial charge in [-0.1, -0.05) is 23.7 Å². The largest absolute Gasteiger partial charge is 0.393 e. The molecule has 0 radical (unpaired) electrons. The van der Waals surface area contributed by atoms with Gasteiger partial charge < -0.3 is 5.73 Å². The maximum Gasteiger partial charge on any atom is 0.290 e. The normalized spacial score (nSPS) is 14.7. The van der Waals surface area contributed by atoms with Gasteiger partial charge in [-0.05, 0) is 37.5 Å². The summed E-state index contributed by atoms with van der Waals surface area (Å²) in [5, 5.41) is 0.699. The number of anilines is 1. The Morgan fingerprint density at radius 1 is 1.25 bits per heavy atom. The van der Waals surface area contributed by atoms with Crippen molar-refractivity contribution in [3.05, 3.63) is 50.9 Å².